The first kappa shape index (κ1) is 15.2. The third kappa shape index (κ3) is 2.90. The predicted octanol–water partition coefficient (Wildman–Crippen LogP) is 3.04. The van der Waals surface area contributed by atoms with Crippen molar-refractivity contribution in [2.45, 2.75) is 25.7 Å². The van der Waals surface area contributed by atoms with E-state index in [4.69, 9.17) is 0 Å². The van der Waals surface area contributed by atoms with E-state index in [0.717, 1.165) is 46.7 Å². The number of anilines is 1. The van der Waals surface area contributed by atoms with Crippen LogP contribution in [-0.2, 0) is 0 Å². The summed E-state index contributed by atoms with van der Waals surface area (Å²) in [6, 6.07) is 4.15. The Morgan fingerprint density at radius 1 is 1.23 bits per heavy atom. The number of hydrogen-bond donors (Lipinski definition) is 0. The van der Waals surface area contributed by atoms with E-state index in [9.17, 15) is 5.26 Å². The molecule has 3 heterocycles. The van der Waals surface area contributed by atoms with Gasteiger partial charge in [-0.25, -0.2) is 15.0 Å². The predicted molar refractivity (Wildman–Crippen MR) is 92.6 cm³/mol. The number of pyridine rings is 1. The lowest BCUT2D eigenvalue weighted by molar-refractivity contribution is 0.483. The van der Waals surface area contributed by atoms with Crippen molar-refractivity contribution in [1.29, 1.82) is 5.26 Å². The van der Waals surface area contributed by atoms with Gasteiger partial charge in [0.25, 0.3) is 0 Å². The van der Waals surface area contributed by atoms with Crippen molar-refractivity contribution in [1.82, 2.24) is 15.0 Å². The highest BCUT2D eigenvalue weighted by molar-refractivity contribution is 14.1. The van der Waals surface area contributed by atoms with Crippen molar-refractivity contribution in [3.8, 4) is 6.07 Å². The SMILES string of the molecule is Cc1c(I)cnc(N2CCC(c3ncccn3)CC2)c1C#N. The Morgan fingerprint density at radius 2 is 1.91 bits per heavy atom. The number of halogens is 1. The van der Waals surface area contributed by atoms with E-state index in [1.807, 2.05) is 19.2 Å². The summed E-state index contributed by atoms with van der Waals surface area (Å²) in [5.74, 6) is 2.13. The maximum absolute atomic E-state index is 9.44. The van der Waals surface area contributed by atoms with Crippen molar-refractivity contribution in [3.05, 3.63) is 45.2 Å². The van der Waals surface area contributed by atoms with Crippen molar-refractivity contribution < 1.29 is 0 Å². The van der Waals surface area contributed by atoms with E-state index in [2.05, 4.69) is 48.5 Å². The highest BCUT2D eigenvalue weighted by Gasteiger charge is 2.25. The molecule has 22 heavy (non-hydrogen) atoms. The van der Waals surface area contributed by atoms with Crippen LogP contribution in [0.15, 0.2) is 24.7 Å². The van der Waals surface area contributed by atoms with E-state index in [0.29, 0.717) is 11.5 Å². The molecule has 0 N–H and O–H groups in total. The first-order valence-electron chi connectivity index (χ1n) is 7.27. The second kappa shape index (κ2) is 6.57. The monoisotopic (exact) mass is 405 g/mol. The summed E-state index contributed by atoms with van der Waals surface area (Å²) < 4.78 is 1.03. The standard InChI is InChI=1S/C16H16IN5/c1-11-13(9-18)16(21-10-14(11)17)22-7-3-12(4-8-22)15-19-5-2-6-20-15/h2,5-6,10,12H,3-4,7-8H2,1H3. The third-order valence-corrected chi connectivity index (χ3v) is 5.20. The van der Waals surface area contributed by atoms with Gasteiger partial charge in [0, 0.05) is 41.2 Å². The molecule has 0 bridgehead atoms. The molecule has 2 aromatic rings. The second-order valence-electron chi connectivity index (χ2n) is 5.41. The van der Waals surface area contributed by atoms with Gasteiger partial charge in [-0.3, -0.25) is 0 Å². The van der Waals surface area contributed by atoms with Gasteiger partial charge in [0.15, 0.2) is 0 Å². The quantitative estimate of drug-likeness (QED) is 0.719. The molecule has 0 saturated carbocycles. The molecule has 0 spiro atoms. The Balaban J connectivity index is 1.78. The van der Waals surface area contributed by atoms with Gasteiger partial charge in [-0.1, -0.05) is 0 Å². The highest BCUT2D eigenvalue weighted by atomic mass is 127. The van der Waals surface area contributed by atoms with E-state index < -0.39 is 0 Å². The Hall–Kier alpha value is -1.75. The summed E-state index contributed by atoms with van der Waals surface area (Å²) in [4.78, 5) is 15.4. The fraction of sp³-hybridized carbons (Fsp3) is 0.375. The summed E-state index contributed by atoms with van der Waals surface area (Å²) in [6.45, 7) is 3.74. The number of nitriles is 1. The lowest BCUT2D eigenvalue weighted by atomic mass is 9.95. The number of aromatic nitrogens is 3. The molecule has 2 aromatic heterocycles. The van der Waals surface area contributed by atoms with Gasteiger partial charge < -0.3 is 4.90 Å². The van der Waals surface area contributed by atoms with E-state index in [-0.39, 0.29) is 0 Å². The van der Waals surface area contributed by atoms with E-state index in [1.54, 1.807) is 12.4 Å². The lowest BCUT2D eigenvalue weighted by Crippen LogP contribution is -2.34. The number of rotatable bonds is 2. The van der Waals surface area contributed by atoms with Gasteiger partial charge in [0.2, 0.25) is 0 Å². The summed E-state index contributed by atoms with van der Waals surface area (Å²) in [5.41, 5.74) is 1.71. The normalized spacial score (nSPS) is 15.6. The van der Waals surface area contributed by atoms with Crippen molar-refractivity contribution in [2.75, 3.05) is 18.0 Å². The first-order valence-corrected chi connectivity index (χ1v) is 8.35. The highest BCUT2D eigenvalue weighted by Crippen LogP contribution is 2.30. The van der Waals surface area contributed by atoms with Gasteiger partial charge in [0.05, 0.1) is 5.56 Å². The summed E-state index contributed by atoms with van der Waals surface area (Å²) in [5, 5.41) is 9.44. The molecule has 3 rings (SSSR count). The molecule has 0 aliphatic carbocycles. The van der Waals surface area contributed by atoms with Crippen LogP contribution in [0.2, 0.25) is 0 Å². The number of hydrogen-bond acceptors (Lipinski definition) is 5. The molecule has 0 unspecified atom stereocenters. The van der Waals surface area contributed by atoms with Crippen LogP contribution in [0.5, 0.6) is 0 Å². The maximum Gasteiger partial charge on any atom is 0.146 e. The molecular formula is C16H16IN5. The molecule has 6 heteroatoms. The molecule has 0 radical (unpaired) electrons. The van der Waals surface area contributed by atoms with Crippen LogP contribution in [0, 0.1) is 21.8 Å². The maximum atomic E-state index is 9.44. The minimum absolute atomic E-state index is 0.396. The zero-order valence-corrected chi connectivity index (χ0v) is 14.5. The van der Waals surface area contributed by atoms with Crippen LogP contribution in [0.4, 0.5) is 5.82 Å². The van der Waals surface area contributed by atoms with Gasteiger partial charge in [-0.15, -0.1) is 0 Å². The smallest absolute Gasteiger partial charge is 0.146 e. The average molecular weight is 405 g/mol. The summed E-state index contributed by atoms with van der Waals surface area (Å²) in [6.07, 6.45) is 7.42. The fourth-order valence-corrected chi connectivity index (χ4v) is 3.22. The van der Waals surface area contributed by atoms with Crippen molar-refractivity contribution in [3.63, 3.8) is 0 Å². The van der Waals surface area contributed by atoms with Crippen LogP contribution in [0.25, 0.3) is 0 Å². The average Bonchev–Trinajstić information content (AvgIpc) is 2.58. The molecule has 1 fully saturated rings. The van der Waals surface area contributed by atoms with Crippen LogP contribution in [0.3, 0.4) is 0 Å². The van der Waals surface area contributed by atoms with Gasteiger partial charge in [-0.2, -0.15) is 5.26 Å². The zero-order valence-electron chi connectivity index (χ0n) is 12.3. The lowest BCUT2D eigenvalue weighted by Gasteiger charge is -2.32. The molecule has 112 valence electrons. The molecule has 0 aromatic carbocycles. The fourth-order valence-electron chi connectivity index (χ4n) is 2.81. The van der Waals surface area contributed by atoms with Gasteiger partial charge in [0.1, 0.15) is 17.7 Å². The molecule has 1 saturated heterocycles. The topological polar surface area (TPSA) is 65.7 Å². The molecule has 1 aliphatic rings. The number of nitrogens with zero attached hydrogens (tertiary/aromatic N) is 5. The Morgan fingerprint density at radius 3 is 2.55 bits per heavy atom. The molecular weight excluding hydrogens is 389 g/mol. The molecule has 0 atom stereocenters. The van der Waals surface area contributed by atoms with Crippen LogP contribution in [-0.4, -0.2) is 28.0 Å². The minimum Gasteiger partial charge on any atom is -0.355 e. The van der Waals surface area contributed by atoms with E-state index >= 15 is 0 Å². The molecule has 0 amide bonds. The third-order valence-electron chi connectivity index (χ3n) is 4.11. The Kier molecular flexibility index (Phi) is 4.52. The number of piperidine rings is 1. The zero-order chi connectivity index (χ0) is 15.5. The van der Waals surface area contributed by atoms with Crippen LogP contribution < -0.4 is 4.90 Å². The van der Waals surface area contributed by atoms with Gasteiger partial charge in [-0.05, 0) is 54.0 Å². The Labute approximate surface area is 143 Å². The Bertz CT molecular complexity index is 702. The largest absolute Gasteiger partial charge is 0.355 e. The first-order chi connectivity index (χ1) is 10.7. The van der Waals surface area contributed by atoms with E-state index in [1.165, 1.54) is 0 Å². The van der Waals surface area contributed by atoms with Crippen LogP contribution in [0.1, 0.15) is 35.7 Å². The second-order valence-corrected chi connectivity index (χ2v) is 6.57. The van der Waals surface area contributed by atoms with Crippen molar-refractivity contribution in [2.24, 2.45) is 0 Å². The summed E-state index contributed by atoms with van der Waals surface area (Å²) >= 11 is 2.22. The minimum atomic E-state index is 0.396. The summed E-state index contributed by atoms with van der Waals surface area (Å²) in [7, 11) is 0. The van der Waals surface area contributed by atoms with Gasteiger partial charge >= 0.3 is 0 Å². The van der Waals surface area contributed by atoms with Crippen LogP contribution >= 0.6 is 22.6 Å². The molecule has 1 aliphatic heterocycles. The van der Waals surface area contributed by atoms with Crippen molar-refractivity contribution >= 4 is 28.4 Å². The molecule has 5 nitrogen and oxygen atoms in total.